The van der Waals surface area contributed by atoms with Crippen LogP contribution in [0.4, 0.5) is 0 Å². The van der Waals surface area contributed by atoms with Crippen LogP contribution in [-0.4, -0.2) is 25.1 Å². The van der Waals surface area contributed by atoms with Crippen molar-refractivity contribution in [3.8, 4) is 11.8 Å². The Morgan fingerprint density at radius 3 is 2.80 bits per heavy atom. The fourth-order valence-corrected chi connectivity index (χ4v) is 2.95. The van der Waals surface area contributed by atoms with Gasteiger partial charge in [-0.15, -0.1) is 11.3 Å². The van der Waals surface area contributed by atoms with Crippen molar-refractivity contribution in [1.29, 1.82) is 5.26 Å². The highest BCUT2D eigenvalue weighted by Crippen LogP contribution is 2.22. The molecule has 104 valence electrons. The summed E-state index contributed by atoms with van der Waals surface area (Å²) in [7, 11) is 2.03. The molecule has 1 aromatic heterocycles. The Morgan fingerprint density at radius 2 is 2.10 bits per heavy atom. The summed E-state index contributed by atoms with van der Waals surface area (Å²) in [6.45, 7) is 2.18. The van der Waals surface area contributed by atoms with Crippen LogP contribution in [0.3, 0.4) is 0 Å². The SMILES string of the molecule is CN(CCOc1ccccc1C#N)Cc1ccc(Cl)s1. The number of hydrogen-bond donors (Lipinski definition) is 0. The predicted octanol–water partition coefficient (Wildman–Crippen LogP) is 3.78. The number of likely N-dealkylation sites (N-methyl/N-ethyl adjacent to an activating group) is 1. The van der Waals surface area contributed by atoms with Gasteiger partial charge in [0.05, 0.1) is 9.90 Å². The summed E-state index contributed by atoms with van der Waals surface area (Å²) in [5.41, 5.74) is 0.570. The molecule has 0 spiro atoms. The summed E-state index contributed by atoms with van der Waals surface area (Å²) in [4.78, 5) is 3.40. The summed E-state index contributed by atoms with van der Waals surface area (Å²) < 4.78 is 6.47. The van der Waals surface area contributed by atoms with Crippen molar-refractivity contribution in [2.75, 3.05) is 20.2 Å². The van der Waals surface area contributed by atoms with Crippen LogP contribution in [0.5, 0.6) is 5.75 Å². The molecule has 5 heteroatoms. The summed E-state index contributed by atoms with van der Waals surface area (Å²) in [5, 5.41) is 8.97. The molecule has 1 heterocycles. The fourth-order valence-electron chi connectivity index (χ4n) is 1.78. The molecule has 0 aliphatic carbocycles. The molecule has 0 fully saturated rings. The van der Waals surface area contributed by atoms with E-state index in [1.807, 2.05) is 37.4 Å². The minimum atomic E-state index is 0.550. The number of para-hydroxylation sites is 1. The van der Waals surface area contributed by atoms with Crippen LogP contribution >= 0.6 is 22.9 Å². The van der Waals surface area contributed by atoms with Gasteiger partial charge in [0.2, 0.25) is 0 Å². The lowest BCUT2D eigenvalue weighted by Gasteiger charge is -2.16. The molecule has 0 N–H and O–H groups in total. The minimum Gasteiger partial charge on any atom is -0.491 e. The summed E-state index contributed by atoms with van der Waals surface area (Å²) in [5.74, 6) is 0.641. The molecule has 0 amide bonds. The number of rotatable bonds is 6. The molecule has 0 unspecified atom stereocenters. The van der Waals surface area contributed by atoms with Crippen LogP contribution < -0.4 is 4.74 Å². The van der Waals surface area contributed by atoms with Gasteiger partial charge in [-0.3, -0.25) is 4.90 Å². The molecule has 2 aromatic rings. The molecule has 0 bridgehead atoms. The van der Waals surface area contributed by atoms with Gasteiger partial charge in [-0.05, 0) is 31.3 Å². The van der Waals surface area contributed by atoms with Gasteiger partial charge in [0.25, 0.3) is 0 Å². The second-order valence-corrected chi connectivity index (χ2v) is 6.20. The first-order valence-corrected chi connectivity index (χ1v) is 7.43. The van der Waals surface area contributed by atoms with E-state index in [9.17, 15) is 0 Å². The molecule has 2 rings (SSSR count). The van der Waals surface area contributed by atoms with Gasteiger partial charge in [0.1, 0.15) is 18.4 Å². The Labute approximate surface area is 128 Å². The second-order valence-electron chi connectivity index (χ2n) is 4.40. The molecule has 0 saturated heterocycles. The first kappa shape index (κ1) is 14.9. The van der Waals surface area contributed by atoms with Gasteiger partial charge in [0, 0.05) is 18.0 Å². The van der Waals surface area contributed by atoms with E-state index in [-0.39, 0.29) is 0 Å². The maximum atomic E-state index is 8.97. The first-order valence-electron chi connectivity index (χ1n) is 6.23. The van der Waals surface area contributed by atoms with Crippen molar-refractivity contribution < 1.29 is 4.74 Å². The Kier molecular flexibility index (Phi) is 5.42. The van der Waals surface area contributed by atoms with Crippen LogP contribution in [-0.2, 0) is 6.54 Å². The maximum absolute atomic E-state index is 8.97. The van der Waals surface area contributed by atoms with Gasteiger partial charge in [0.15, 0.2) is 0 Å². The standard InChI is InChI=1S/C15H15ClN2OS/c1-18(11-13-6-7-15(16)20-13)8-9-19-14-5-3-2-4-12(14)10-17/h2-7H,8-9,11H2,1H3. The lowest BCUT2D eigenvalue weighted by atomic mass is 10.2. The monoisotopic (exact) mass is 306 g/mol. The van der Waals surface area contributed by atoms with E-state index in [2.05, 4.69) is 11.0 Å². The van der Waals surface area contributed by atoms with Crippen molar-refractivity contribution in [3.05, 3.63) is 51.2 Å². The van der Waals surface area contributed by atoms with Gasteiger partial charge in [-0.1, -0.05) is 23.7 Å². The predicted molar refractivity (Wildman–Crippen MR) is 82.3 cm³/mol. The van der Waals surface area contributed by atoms with E-state index in [1.54, 1.807) is 17.4 Å². The van der Waals surface area contributed by atoms with Crippen LogP contribution in [0.25, 0.3) is 0 Å². The molecular weight excluding hydrogens is 292 g/mol. The zero-order valence-electron chi connectivity index (χ0n) is 11.2. The van der Waals surface area contributed by atoms with E-state index < -0.39 is 0 Å². The molecule has 3 nitrogen and oxygen atoms in total. The van der Waals surface area contributed by atoms with E-state index in [1.165, 1.54) is 4.88 Å². The van der Waals surface area contributed by atoms with Crippen LogP contribution in [0.1, 0.15) is 10.4 Å². The Bertz CT molecular complexity index is 606. The lowest BCUT2D eigenvalue weighted by Crippen LogP contribution is -2.23. The third-order valence-electron chi connectivity index (χ3n) is 2.79. The Morgan fingerprint density at radius 1 is 1.30 bits per heavy atom. The van der Waals surface area contributed by atoms with E-state index in [0.717, 1.165) is 17.4 Å². The Balaban J connectivity index is 1.79. The smallest absolute Gasteiger partial charge is 0.137 e. The Hall–Kier alpha value is -1.54. The zero-order chi connectivity index (χ0) is 14.4. The summed E-state index contributed by atoms with van der Waals surface area (Å²) in [6.07, 6.45) is 0. The highest BCUT2D eigenvalue weighted by Gasteiger charge is 2.05. The van der Waals surface area contributed by atoms with Gasteiger partial charge in [-0.25, -0.2) is 0 Å². The van der Waals surface area contributed by atoms with E-state index in [0.29, 0.717) is 17.9 Å². The number of nitriles is 1. The van der Waals surface area contributed by atoms with Crippen LogP contribution in [0.15, 0.2) is 36.4 Å². The van der Waals surface area contributed by atoms with E-state index in [4.69, 9.17) is 21.6 Å². The third-order valence-corrected chi connectivity index (χ3v) is 4.01. The van der Waals surface area contributed by atoms with E-state index >= 15 is 0 Å². The number of halogens is 1. The third kappa shape index (κ3) is 4.24. The molecule has 20 heavy (non-hydrogen) atoms. The zero-order valence-corrected chi connectivity index (χ0v) is 12.7. The van der Waals surface area contributed by atoms with Gasteiger partial charge in [-0.2, -0.15) is 5.26 Å². The minimum absolute atomic E-state index is 0.550. The quantitative estimate of drug-likeness (QED) is 0.815. The maximum Gasteiger partial charge on any atom is 0.137 e. The van der Waals surface area contributed by atoms with Crippen molar-refractivity contribution in [2.24, 2.45) is 0 Å². The topological polar surface area (TPSA) is 36.3 Å². The molecule has 1 aromatic carbocycles. The average Bonchev–Trinajstić information content (AvgIpc) is 2.84. The number of ether oxygens (including phenoxy) is 1. The summed E-state index contributed by atoms with van der Waals surface area (Å²) >= 11 is 7.50. The highest BCUT2D eigenvalue weighted by atomic mass is 35.5. The highest BCUT2D eigenvalue weighted by molar-refractivity contribution is 7.16. The summed E-state index contributed by atoms with van der Waals surface area (Å²) in [6, 6.07) is 13.3. The van der Waals surface area contributed by atoms with Gasteiger partial charge < -0.3 is 4.74 Å². The number of hydrogen-bond acceptors (Lipinski definition) is 4. The number of nitrogens with zero attached hydrogens (tertiary/aromatic N) is 2. The fraction of sp³-hybridized carbons (Fsp3) is 0.267. The lowest BCUT2D eigenvalue weighted by molar-refractivity contribution is 0.233. The number of benzene rings is 1. The molecular formula is C15H15ClN2OS. The molecule has 0 radical (unpaired) electrons. The molecule has 0 aliphatic rings. The van der Waals surface area contributed by atoms with Crippen LogP contribution in [0.2, 0.25) is 4.34 Å². The largest absolute Gasteiger partial charge is 0.491 e. The number of thiophene rings is 1. The van der Waals surface area contributed by atoms with Crippen molar-refractivity contribution >= 4 is 22.9 Å². The van der Waals surface area contributed by atoms with Crippen molar-refractivity contribution in [2.45, 2.75) is 6.54 Å². The first-order chi connectivity index (χ1) is 9.69. The molecule has 0 saturated carbocycles. The average molecular weight is 307 g/mol. The van der Waals surface area contributed by atoms with Crippen molar-refractivity contribution in [1.82, 2.24) is 4.90 Å². The second kappa shape index (κ2) is 7.30. The van der Waals surface area contributed by atoms with Gasteiger partial charge >= 0.3 is 0 Å². The molecule has 0 atom stereocenters. The van der Waals surface area contributed by atoms with Crippen LogP contribution in [0, 0.1) is 11.3 Å². The normalized spacial score (nSPS) is 10.5. The molecule has 0 aliphatic heterocycles. The van der Waals surface area contributed by atoms with Crippen molar-refractivity contribution in [3.63, 3.8) is 0 Å².